The van der Waals surface area contributed by atoms with Crippen LogP contribution < -0.4 is 14.9 Å². The molecule has 0 spiro atoms. The summed E-state index contributed by atoms with van der Waals surface area (Å²) in [5.41, 5.74) is 2.71. The molecule has 0 aromatic heterocycles. The summed E-state index contributed by atoms with van der Waals surface area (Å²) in [5.74, 6) is -1.35. The summed E-state index contributed by atoms with van der Waals surface area (Å²) >= 11 is 0. The van der Waals surface area contributed by atoms with E-state index in [9.17, 15) is 20.4 Å². The van der Waals surface area contributed by atoms with Crippen LogP contribution in [-0.4, -0.2) is 53.7 Å². The maximum atomic E-state index is 13.0. The van der Waals surface area contributed by atoms with Gasteiger partial charge in [-0.05, 0) is 51.0 Å². The van der Waals surface area contributed by atoms with Gasteiger partial charge >= 0.3 is 0 Å². The quantitative estimate of drug-likeness (QED) is 0.617. The molecule has 0 bridgehead atoms. The second kappa shape index (κ2) is 9.14. The summed E-state index contributed by atoms with van der Waals surface area (Å²) in [6.07, 6.45) is -2.10. The molecule has 30 heavy (non-hydrogen) atoms. The van der Waals surface area contributed by atoms with Crippen LogP contribution in [0.4, 0.5) is 11.4 Å². The fraction of sp³-hybridized carbons (Fsp3) is 0.500. The number of hydrogen-bond acceptors (Lipinski definition) is 6. The number of anilines is 2. The van der Waals surface area contributed by atoms with Gasteiger partial charge in [0.2, 0.25) is 0 Å². The van der Waals surface area contributed by atoms with E-state index in [1.165, 1.54) is 0 Å². The van der Waals surface area contributed by atoms with E-state index in [0.29, 0.717) is 11.1 Å². The van der Waals surface area contributed by atoms with Gasteiger partial charge in [0, 0.05) is 61.5 Å². The molecule has 6 nitrogen and oxygen atoms in total. The lowest BCUT2D eigenvalue weighted by Gasteiger charge is -2.55. The SMILES string of the molecule is CCN(CC)c1ccc(C2C([O-])C(c3ccc(N(CC)CC)cc3O)C2O)c(O)c1. The monoisotopic (exact) mass is 413 g/mol. The fourth-order valence-corrected chi connectivity index (χ4v) is 4.61. The molecule has 0 radical (unpaired) electrons. The average Bonchev–Trinajstić information content (AvgIpc) is 2.73. The summed E-state index contributed by atoms with van der Waals surface area (Å²) < 4.78 is 0. The van der Waals surface area contributed by atoms with Gasteiger partial charge in [-0.15, -0.1) is 6.10 Å². The van der Waals surface area contributed by atoms with Gasteiger partial charge in [0.15, 0.2) is 0 Å². The molecule has 0 amide bonds. The van der Waals surface area contributed by atoms with Gasteiger partial charge in [-0.2, -0.15) is 0 Å². The van der Waals surface area contributed by atoms with Crippen molar-refractivity contribution in [2.75, 3.05) is 36.0 Å². The van der Waals surface area contributed by atoms with Gasteiger partial charge in [-0.25, -0.2) is 0 Å². The number of aliphatic hydroxyl groups is 1. The van der Waals surface area contributed by atoms with Crippen molar-refractivity contribution in [2.24, 2.45) is 0 Å². The standard InChI is InChI=1S/C24H33N2O4/c1-5-25(6-2)15-9-11-17(19(27)13-15)21-23(29)22(24(21)30)18-12-10-16(14-20(18)28)26(7-3)8-4/h9-14,21-24,27-29H,5-8H2,1-4H3/q-1. The highest BCUT2D eigenvalue weighted by molar-refractivity contribution is 5.58. The van der Waals surface area contributed by atoms with E-state index in [1.807, 2.05) is 39.8 Å². The number of aliphatic hydroxyl groups excluding tert-OH is 1. The molecule has 2 atom stereocenters. The van der Waals surface area contributed by atoms with E-state index < -0.39 is 24.0 Å². The maximum absolute atomic E-state index is 13.0. The zero-order valence-electron chi connectivity index (χ0n) is 18.2. The predicted molar refractivity (Wildman–Crippen MR) is 119 cm³/mol. The lowest BCUT2D eigenvalue weighted by atomic mass is 9.63. The average molecular weight is 414 g/mol. The minimum Gasteiger partial charge on any atom is -0.851 e. The van der Waals surface area contributed by atoms with E-state index in [2.05, 4.69) is 9.80 Å². The van der Waals surface area contributed by atoms with Crippen molar-refractivity contribution >= 4 is 11.4 Å². The first-order valence-corrected chi connectivity index (χ1v) is 10.9. The Morgan fingerprint density at radius 2 is 1.10 bits per heavy atom. The lowest BCUT2D eigenvalue weighted by Crippen LogP contribution is -2.58. The van der Waals surface area contributed by atoms with Gasteiger partial charge in [0.05, 0.1) is 6.10 Å². The van der Waals surface area contributed by atoms with E-state index >= 15 is 0 Å². The first kappa shape index (κ1) is 22.2. The highest BCUT2D eigenvalue weighted by Gasteiger charge is 2.46. The number of hydrogen-bond donors (Lipinski definition) is 3. The first-order valence-electron chi connectivity index (χ1n) is 10.9. The summed E-state index contributed by atoms with van der Waals surface area (Å²) in [4.78, 5) is 4.21. The smallest absolute Gasteiger partial charge is 0.121 e. The molecule has 2 aromatic carbocycles. The molecule has 2 unspecified atom stereocenters. The lowest BCUT2D eigenvalue weighted by molar-refractivity contribution is -0.462. The van der Waals surface area contributed by atoms with Gasteiger partial charge in [0.25, 0.3) is 0 Å². The molecule has 164 valence electrons. The number of aromatic hydroxyl groups is 2. The molecule has 3 rings (SSSR count). The van der Waals surface area contributed by atoms with Crippen molar-refractivity contribution in [1.29, 1.82) is 0 Å². The Hall–Kier alpha value is -2.44. The summed E-state index contributed by atoms with van der Waals surface area (Å²) in [7, 11) is 0. The zero-order chi connectivity index (χ0) is 22.0. The normalized spacial score (nSPS) is 23.1. The second-order valence-corrected chi connectivity index (χ2v) is 7.84. The van der Waals surface area contributed by atoms with E-state index in [1.54, 1.807) is 24.3 Å². The number of phenols is 2. The Labute approximate surface area is 179 Å². The first-order chi connectivity index (χ1) is 14.4. The van der Waals surface area contributed by atoms with Crippen LogP contribution in [0, 0.1) is 0 Å². The topological polar surface area (TPSA) is 90.2 Å². The van der Waals surface area contributed by atoms with Crippen molar-refractivity contribution in [3.63, 3.8) is 0 Å². The van der Waals surface area contributed by atoms with Crippen LogP contribution >= 0.6 is 0 Å². The number of phenolic OH excluding ortho intramolecular Hbond substituents is 2. The van der Waals surface area contributed by atoms with Crippen LogP contribution in [0.2, 0.25) is 0 Å². The molecule has 0 saturated heterocycles. The van der Waals surface area contributed by atoms with Crippen LogP contribution in [0.15, 0.2) is 36.4 Å². The van der Waals surface area contributed by atoms with E-state index in [4.69, 9.17) is 0 Å². The molecular formula is C24H33N2O4-. The third kappa shape index (κ3) is 3.82. The van der Waals surface area contributed by atoms with Gasteiger partial charge in [-0.1, -0.05) is 12.1 Å². The second-order valence-electron chi connectivity index (χ2n) is 7.84. The minimum absolute atomic E-state index is 0.0313. The predicted octanol–water partition coefficient (Wildman–Crippen LogP) is 2.76. The fourth-order valence-electron chi connectivity index (χ4n) is 4.61. The van der Waals surface area contributed by atoms with Crippen molar-refractivity contribution < 1.29 is 20.4 Å². The van der Waals surface area contributed by atoms with E-state index in [0.717, 1.165) is 37.6 Å². The molecule has 6 heteroatoms. The van der Waals surface area contributed by atoms with Crippen molar-refractivity contribution in [2.45, 2.75) is 51.7 Å². The van der Waals surface area contributed by atoms with Crippen LogP contribution in [0.1, 0.15) is 50.7 Å². The largest absolute Gasteiger partial charge is 0.851 e. The number of benzene rings is 2. The van der Waals surface area contributed by atoms with Gasteiger partial charge in [-0.3, -0.25) is 0 Å². The van der Waals surface area contributed by atoms with Gasteiger partial charge in [0.1, 0.15) is 11.5 Å². The third-order valence-electron chi connectivity index (χ3n) is 6.45. The highest BCUT2D eigenvalue weighted by Crippen LogP contribution is 2.51. The molecule has 1 fully saturated rings. The summed E-state index contributed by atoms with van der Waals surface area (Å²) in [5, 5.41) is 44.9. The molecule has 0 heterocycles. The summed E-state index contributed by atoms with van der Waals surface area (Å²) in [6, 6.07) is 10.6. The molecule has 1 aliphatic carbocycles. The van der Waals surface area contributed by atoms with Crippen molar-refractivity contribution in [3.8, 4) is 11.5 Å². The molecule has 2 aromatic rings. The number of rotatable bonds is 8. The molecule has 1 saturated carbocycles. The zero-order valence-corrected chi connectivity index (χ0v) is 18.2. The molecular weight excluding hydrogens is 380 g/mol. The molecule has 3 N–H and O–H groups in total. The van der Waals surface area contributed by atoms with Crippen molar-refractivity contribution in [1.82, 2.24) is 0 Å². The Morgan fingerprint density at radius 1 is 0.733 bits per heavy atom. The molecule has 1 aliphatic rings. The Kier molecular flexibility index (Phi) is 6.78. The highest BCUT2D eigenvalue weighted by atomic mass is 16.3. The maximum Gasteiger partial charge on any atom is 0.121 e. The van der Waals surface area contributed by atoms with Crippen LogP contribution in [0.25, 0.3) is 0 Å². The Balaban J connectivity index is 1.82. The number of nitrogens with zero attached hydrogens (tertiary/aromatic N) is 2. The minimum atomic E-state index is -1.14. The van der Waals surface area contributed by atoms with Gasteiger partial charge < -0.3 is 30.2 Å². The van der Waals surface area contributed by atoms with Crippen molar-refractivity contribution in [3.05, 3.63) is 47.5 Å². The van der Waals surface area contributed by atoms with Crippen LogP contribution in [0.5, 0.6) is 11.5 Å². The summed E-state index contributed by atoms with van der Waals surface area (Å²) in [6.45, 7) is 11.4. The third-order valence-corrected chi connectivity index (χ3v) is 6.45. The van der Waals surface area contributed by atoms with E-state index in [-0.39, 0.29) is 11.5 Å². The Morgan fingerprint density at radius 3 is 1.37 bits per heavy atom. The van der Waals surface area contributed by atoms with Crippen LogP contribution in [0.3, 0.4) is 0 Å². The Bertz CT molecular complexity index is 785. The van der Waals surface area contributed by atoms with Crippen LogP contribution in [-0.2, 0) is 0 Å². The molecule has 0 aliphatic heterocycles.